The number of aryl methyl sites for hydroxylation is 1. The molecule has 7 nitrogen and oxygen atoms in total. The zero-order valence-corrected chi connectivity index (χ0v) is 16.4. The van der Waals surface area contributed by atoms with Gasteiger partial charge in [0, 0.05) is 11.7 Å². The van der Waals surface area contributed by atoms with Crippen LogP contribution >= 0.6 is 0 Å². The lowest BCUT2D eigenvalue weighted by molar-refractivity contribution is 0.0594. The van der Waals surface area contributed by atoms with Crippen LogP contribution in [0.1, 0.15) is 61.0 Å². The number of hydrogen-bond acceptors (Lipinski definition) is 5. The summed E-state index contributed by atoms with van der Waals surface area (Å²) in [5.74, 6) is -0.231. The molecule has 7 heteroatoms. The van der Waals surface area contributed by atoms with Crippen LogP contribution in [-0.2, 0) is 17.7 Å². The molecule has 28 heavy (non-hydrogen) atoms. The molecule has 1 aliphatic carbocycles. The summed E-state index contributed by atoms with van der Waals surface area (Å²) in [5.41, 5.74) is 2.01. The third kappa shape index (κ3) is 4.71. The number of para-hydroxylation sites is 1. The summed E-state index contributed by atoms with van der Waals surface area (Å²) in [6.45, 7) is 2.27. The molecule has 2 aromatic rings. The SMILES string of the molecule is CCc1ccccc1NC(=O)N(Cc1nc(C(=O)OC)co1)C1CCCCC1. The van der Waals surface area contributed by atoms with Gasteiger partial charge in [-0.1, -0.05) is 44.4 Å². The number of esters is 1. The van der Waals surface area contributed by atoms with Crippen molar-refractivity contribution in [2.24, 2.45) is 0 Å². The van der Waals surface area contributed by atoms with Crippen molar-refractivity contribution in [1.82, 2.24) is 9.88 Å². The third-order valence-electron chi connectivity index (χ3n) is 5.17. The Hall–Kier alpha value is -2.83. The van der Waals surface area contributed by atoms with Crippen LogP contribution in [0.5, 0.6) is 0 Å². The average Bonchev–Trinajstić information content (AvgIpc) is 3.21. The van der Waals surface area contributed by atoms with Crippen LogP contribution in [0.15, 0.2) is 34.9 Å². The van der Waals surface area contributed by atoms with Gasteiger partial charge in [-0.25, -0.2) is 14.6 Å². The fourth-order valence-electron chi connectivity index (χ4n) is 3.62. The Bertz CT molecular complexity index is 811. The smallest absolute Gasteiger partial charge is 0.360 e. The first-order valence-electron chi connectivity index (χ1n) is 9.80. The zero-order valence-electron chi connectivity index (χ0n) is 16.4. The summed E-state index contributed by atoms with van der Waals surface area (Å²) in [5, 5.41) is 3.05. The lowest BCUT2D eigenvalue weighted by Crippen LogP contribution is -2.43. The summed E-state index contributed by atoms with van der Waals surface area (Å²) in [7, 11) is 1.30. The second kappa shape index (κ2) is 9.39. The van der Waals surface area contributed by atoms with E-state index < -0.39 is 5.97 Å². The molecule has 150 valence electrons. The Morgan fingerprint density at radius 3 is 2.71 bits per heavy atom. The molecule has 0 radical (unpaired) electrons. The number of ether oxygens (including phenoxy) is 1. The number of methoxy groups -OCH3 is 1. The summed E-state index contributed by atoms with van der Waals surface area (Å²) in [6, 6.07) is 7.75. The first kappa shape index (κ1) is 19.9. The first-order chi connectivity index (χ1) is 13.6. The summed E-state index contributed by atoms with van der Waals surface area (Å²) >= 11 is 0. The highest BCUT2D eigenvalue weighted by Gasteiger charge is 2.28. The van der Waals surface area contributed by atoms with Gasteiger partial charge in [0.1, 0.15) is 6.26 Å². The first-order valence-corrected chi connectivity index (χ1v) is 9.80. The van der Waals surface area contributed by atoms with Crippen LogP contribution in [-0.4, -0.2) is 35.0 Å². The van der Waals surface area contributed by atoms with E-state index in [0.29, 0.717) is 5.89 Å². The lowest BCUT2D eigenvalue weighted by atomic mass is 9.94. The number of carbonyl (C=O) groups excluding carboxylic acids is 2. The molecular weight excluding hydrogens is 358 g/mol. The molecule has 1 aromatic heterocycles. The Labute approximate surface area is 165 Å². The van der Waals surface area contributed by atoms with E-state index >= 15 is 0 Å². The largest absolute Gasteiger partial charge is 0.464 e. The number of urea groups is 1. The minimum absolute atomic E-state index is 0.109. The Morgan fingerprint density at radius 2 is 2.00 bits per heavy atom. The summed E-state index contributed by atoms with van der Waals surface area (Å²) < 4.78 is 10.1. The lowest BCUT2D eigenvalue weighted by Gasteiger charge is -2.33. The summed E-state index contributed by atoms with van der Waals surface area (Å²) in [4.78, 5) is 30.7. The van der Waals surface area contributed by atoms with Crippen LogP contribution in [0.2, 0.25) is 0 Å². The van der Waals surface area contributed by atoms with Crippen molar-refractivity contribution in [3.8, 4) is 0 Å². The highest BCUT2D eigenvalue weighted by atomic mass is 16.5. The number of amides is 2. The number of benzene rings is 1. The molecule has 2 amide bonds. The van der Waals surface area contributed by atoms with E-state index in [-0.39, 0.29) is 24.3 Å². The van der Waals surface area contributed by atoms with E-state index in [1.807, 2.05) is 24.3 Å². The second-order valence-electron chi connectivity index (χ2n) is 6.98. The maximum absolute atomic E-state index is 13.1. The normalized spacial score (nSPS) is 14.5. The molecule has 0 atom stereocenters. The maximum atomic E-state index is 13.1. The highest BCUT2D eigenvalue weighted by molar-refractivity contribution is 5.90. The van der Waals surface area contributed by atoms with Crippen molar-refractivity contribution in [1.29, 1.82) is 0 Å². The van der Waals surface area contributed by atoms with Crippen LogP contribution < -0.4 is 5.32 Å². The number of aromatic nitrogens is 1. The van der Waals surface area contributed by atoms with Gasteiger partial charge >= 0.3 is 12.0 Å². The van der Waals surface area contributed by atoms with Gasteiger partial charge in [0.25, 0.3) is 0 Å². The molecule has 1 saturated carbocycles. The number of rotatable bonds is 6. The molecule has 1 N–H and O–H groups in total. The van der Waals surface area contributed by atoms with E-state index in [2.05, 4.69) is 22.0 Å². The van der Waals surface area contributed by atoms with Crippen LogP contribution in [0, 0.1) is 0 Å². The Morgan fingerprint density at radius 1 is 1.25 bits per heavy atom. The molecule has 0 bridgehead atoms. The molecule has 1 aliphatic rings. The monoisotopic (exact) mass is 385 g/mol. The van der Waals surface area contributed by atoms with Crippen LogP contribution in [0.3, 0.4) is 0 Å². The molecule has 0 spiro atoms. The molecular formula is C21H27N3O4. The molecule has 0 unspecified atom stereocenters. The van der Waals surface area contributed by atoms with Gasteiger partial charge < -0.3 is 19.4 Å². The quantitative estimate of drug-likeness (QED) is 0.746. The minimum Gasteiger partial charge on any atom is -0.464 e. The van der Waals surface area contributed by atoms with Crippen molar-refractivity contribution in [3.05, 3.63) is 47.7 Å². The molecule has 1 aromatic carbocycles. The van der Waals surface area contributed by atoms with Crippen LogP contribution in [0.4, 0.5) is 10.5 Å². The maximum Gasteiger partial charge on any atom is 0.360 e. The van der Waals surface area contributed by atoms with Gasteiger partial charge in [-0.2, -0.15) is 0 Å². The number of oxazole rings is 1. The van der Waals surface area contributed by atoms with Gasteiger partial charge in [0.05, 0.1) is 13.7 Å². The van der Waals surface area contributed by atoms with Crippen molar-refractivity contribution in [2.75, 3.05) is 12.4 Å². The van der Waals surface area contributed by atoms with Crippen molar-refractivity contribution < 1.29 is 18.7 Å². The van der Waals surface area contributed by atoms with Crippen molar-refractivity contribution in [3.63, 3.8) is 0 Å². The van der Waals surface area contributed by atoms with Gasteiger partial charge in [-0.3, -0.25) is 0 Å². The van der Waals surface area contributed by atoms with Gasteiger partial charge in [-0.05, 0) is 30.9 Å². The number of carbonyl (C=O) groups is 2. The second-order valence-corrected chi connectivity index (χ2v) is 6.98. The fourth-order valence-corrected chi connectivity index (χ4v) is 3.62. The predicted octanol–water partition coefficient (Wildman–Crippen LogP) is 4.39. The average molecular weight is 385 g/mol. The third-order valence-corrected chi connectivity index (χ3v) is 5.17. The van der Waals surface area contributed by atoms with Gasteiger partial charge in [-0.15, -0.1) is 0 Å². The number of hydrogen-bond donors (Lipinski definition) is 1. The van der Waals surface area contributed by atoms with E-state index in [0.717, 1.165) is 43.4 Å². The molecule has 1 heterocycles. The molecule has 0 saturated heterocycles. The Balaban J connectivity index is 1.79. The predicted molar refractivity (Wildman–Crippen MR) is 105 cm³/mol. The van der Waals surface area contributed by atoms with Crippen molar-refractivity contribution in [2.45, 2.75) is 58.0 Å². The molecule has 0 aliphatic heterocycles. The fraction of sp³-hybridized carbons (Fsp3) is 0.476. The highest BCUT2D eigenvalue weighted by Crippen LogP contribution is 2.25. The van der Waals surface area contributed by atoms with E-state index in [1.165, 1.54) is 19.8 Å². The number of nitrogens with one attached hydrogen (secondary N) is 1. The summed E-state index contributed by atoms with van der Waals surface area (Å²) in [6.07, 6.45) is 7.39. The van der Waals surface area contributed by atoms with Gasteiger partial charge in [0.2, 0.25) is 5.89 Å². The molecule has 1 fully saturated rings. The Kier molecular flexibility index (Phi) is 6.68. The van der Waals surface area contributed by atoms with E-state index in [4.69, 9.17) is 4.42 Å². The van der Waals surface area contributed by atoms with Crippen LogP contribution in [0.25, 0.3) is 0 Å². The van der Waals surface area contributed by atoms with E-state index in [9.17, 15) is 9.59 Å². The van der Waals surface area contributed by atoms with Gasteiger partial charge in [0.15, 0.2) is 5.69 Å². The zero-order chi connectivity index (χ0) is 19.9. The van der Waals surface area contributed by atoms with Crippen molar-refractivity contribution >= 4 is 17.7 Å². The van der Waals surface area contributed by atoms with E-state index in [1.54, 1.807) is 4.90 Å². The molecule has 3 rings (SSSR count). The number of anilines is 1. The number of nitrogens with zero attached hydrogens (tertiary/aromatic N) is 2. The standard InChI is InChI=1S/C21H27N3O4/c1-3-15-9-7-8-12-17(15)23-21(26)24(16-10-5-4-6-11-16)13-19-22-18(14-28-19)20(25)27-2/h7-9,12,14,16H,3-6,10-11,13H2,1-2H3,(H,23,26). The topological polar surface area (TPSA) is 84.7 Å². The minimum atomic E-state index is -0.555.